The highest BCUT2D eigenvalue weighted by Gasteiger charge is 2.03. The Morgan fingerprint density at radius 2 is 2.20 bits per heavy atom. The summed E-state index contributed by atoms with van der Waals surface area (Å²) in [7, 11) is 0. The Balaban J connectivity index is 2.31. The van der Waals surface area contributed by atoms with Crippen molar-refractivity contribution in [2.24, 2.45) is 0 Å². The Kier molecular flexibility index (Phi) is 2.70. The fourth-order valence-electron chi connectivity index (χ4n) is 1.21. The molecule has 2 aromatic heterocycles. The lowest BCUT2D eigenvalue weighted by atomic mass is 10.2. The molecule has 0 amide bonds. The standard InChI is InChI=1S/C10H10ClN3O/c1-7(15)8-2-3-10(12-4-8)14-6-9(11)5-13-14/h2-7,15H,1H3. The maximum Gasteiger partial charge on any atom is 0.153 e. The Morgan fingerprint density at radius 1 is 1.40 bits per heavy atom. The van der Waals surface area contributed by atoms with Crippen molar-refractivity contribution in [3.8, 4) is 5.82 Å². The van der Waals surface area contributed by atoms with Crippen LogP contribution < -0.4 is 0 Å². The quantitative estimate of drug-likeness (QED) is 0.847. The molecule has 2 heterocycles. The summed E-state index contributed by atoms with van der Waals surface area (Å²) in [6.07, 6.45) is 4.33. The minimum absolute atomic E-state index is 0.507. The first-order valence-electron chi connectivity index (χ1n) is 4.51. The van der Waals surface area contributed by atoms with Crippen LogP contribution in [0.5, 0.6) is 0 Å². The van der Waals surface area contributed by atoms with Gasteiger partial charge in [0.1, 0.15) is 0 Å². The molecule has 0 saturated carbocycles. The Hall–Kier alpha value is -1.39. The Labute approximate surface area is 92.1 Å². The molecule has 0 saturated heterocycles. The van der Waals surface area contributed by atoms with Crippen LogP contribution in [0.2, 0.25) is 5.02 Å². The van der Waals surface area contributed by atoms with Crippen molar-refractivity contribution in [1.29, 1.82) is 0 Å². The summed E-state index contributed by atoms with van der Waals surface area (Å²) in [5.41, 5.74) is 0.775. The van der Waals surface area contributed by atoms with E-state index in [2.05, 4.69) is 10.1 Å². The molecular formula is C10H10ClN3O. The van der Waals surface area contributed by atoms with E-state index in [1.807, 2.05) is 6.07 Å². The molecule has 78 valence electrons. The minimum atomic E-state index is -0.507. The first-order chi connectivity index (χ1) is 7.16. The summed E-state index contributed by atoms with van der Waals surface area (Å²) < 4.78 is 1.58. The molecule has 0 radical (unpaired) electrons. The number of nitrogens with zero attached hydrogens (tertiary/aromatic N) is 3. The van der Waals surface area contributed by atoms with E-state index >= 15 is 0 Å². The minimum Gasteiger partial charge on any atom is -0.389 e. The fraction of sp³-hybridized carbons (Fsp3) is 0.200. The highest BCUT2D eigenvalue weighted by Crippen LogP contribution is 2.13. The van der Waals surface area contributed by atoms with Crippen LogP contribution in [0.3, 0.4) is 0 Å². The van der Waals surface area contributed by atoms with Gasteiger partial charge < -0.3 is 5.11 Å². The molecule has 5 heteroatoms. The van der Waals surface area contributed by atoms with E-state index < -0.39 is 6.10 Å². The molecule has 0 aliphatic rings. The molecule has 0 bridgehead atoms. The SMILES string of the molecule is CC(O)c1ccc(-n2cc(Cl)cn2)nc1. The van der Waals surface area contributed by atoms with E-state index in [0.717, 1.165) is 5.56 Å². The molecule has 0 fully saturated rings. The van der Waals surface area contributed by atoms with Gasteiger partial charge in [-0.15, -0.1) is 0 Å². The van der Waals surface area contributed by atoms with Crippen LogP contribution >= 0.6 is 11.6 Å². The van der Waals surface area contributed by atoms with Crippen LogP contribution in [-0.4, -0.2) is 19.9 Å². The lowest BCUT2D eigenvalue weighted by molar-refractivity contribution is 0.199. The number of rotatable bonds is 2. The van der Waals surface area contributed by atoms with E-state index in [4.69, 9.17) is 11.6 Å². The monoisotopic (exact) mass is 223 g/mol. The predicted octanol–water partition coefficient (Wildman–Crippen LogP) is 1.97. The zero-order valence-electron chi connectivity index (χ0n) is 8.13. The van der Waals surface area contributed by atoms with Crippen molar-refractivity contribution in [2.45, 2.75) is 13.0 Å². The van der Waals surface area contributed by atoms with Crippen LogP contribution in [0, 0.1) is 0 Å². The van der Waals surface area contributed by atoms with Crippen molar-refractivity contribution in [2.75, 3.05) is 0 Å². The Bertz CT molecular complexity index is 450. The number of aliphatic hydroxyl groups excluding tert-OH is 1. The second kappa shape index (κ2) is 4.00. The van der Waals surface area contributed by atoms with E-state index in [-0.39, 0.29) is 0 Å². The van der Waals surface area contributed by atoms with Crippen LogP contribution in [0.4, 0.5) is 0 Å². The predicted molar refractivity (Wildman–Crippen MR) is 57.0 cm³/mol. The summed E-state index contributed by atoms with van der Waals surface area (Å²) in [5.74, 6) is 0.673. The third-order valence-corrected chi connectivity index (χ3v) is 2.23. The van der Waals surface area contributed by atoms with Gasteiger partial charge >= 0.3 is 0 Å². The van der Waals surface area contributed by atoms with Gasteiger partial charge in [0.05, 0.1) is 23.5 Å². The fourth-order valence-corrected chi connectivity index (χ4v) is 1.34. The molecule has 2 rings (SSSR count). The van der Waals surface area contributed by atoms with Gasteiger partial charge in [-0.1, -0.05) is 17.7 Å². The van der Waals surface area contributed by atoms with Gasteiger partial charge in [-0.05, 0) is 18.6 Å². The van der Waals surface area contributed by atoms with E-state index in [9.17, 15) is 5.11 Å². The third kappa shape index (κ3) is 2.16. The van der Waals surface area contributed by atoms with Crippen molar-refractivity contribution < 1.29 is 5.11 Å². The van der Waals surface area contributed by atoms with Crippen molar-refractivity contribution >= 4 is 11.6 Å². The average molecular weight is 224 g/mol. The number of hydrogen-bond acceptors (Lipinski definition) is 3. The molecule has 2 aromatic rings. The van der Waals surface area contributed by atoms with Gasteiger partial charge in [0, 0.05) is 6.20 Å². The average Bonchev–Trinajstić information content (AvgIpc) is 2.65. The smallest absolute Gasteiger partial charge is 0.153 e. The zero-order chi connectivity index (χ0) is 10.8. The van der Waals surface area contributed by atoms with Crippen LogP contribution in [0.1, 0.15) is 18.6 Å². The molecular weight excluding hydrogens is 214 g/mol. The van der Waals surface area contributed by atoms with Gasteiger partial charge in [-0.25, -0.2) is 9.67 Å². The summed E-state index contributed by atoms with van der Waals surface area (Å²) in [4.78, 5) is 4.17. The lowest BCUT2D eigenvalue weighted by Gasteiger charge is -2.04. The summed E-state index contributed by atoms with van der Waals surface area (Å²) in [6.45, 7) is 1.70. The molecule has 0 aliphatic carbocycles. The van der Waals surface area contributed by atoms with Crippen molar-refractivity contribution in [1.82, 2.24) is 14.8 Å². The number of pyridine rings is 1. The van der Waals surface area contributed by atoms with E-state index in [1.54, 1.807) is 36.3 Å². The van der Waals surface area contributed by atoms with Crippen LogP contribution in [0.15, 0.2) is 30.7 Å². The van der Waals surface area contributed by atoms with Gasteiger partial charge in [0.15, 0.2) is 5.82 Å². The number of halogens is 1. The number of hydrogen-bond donors (Lipinski definition) is 1. The number of aromatic nitrogens is 3. The van der Waals surface area contributed by atoms with Gasteiger partial charge in [0.25, 0.3) is 0 Å². The lowest BCUT2D eigenvalue weighted by Crippen LogP contribution is -1.99. The molecule has 1 N–H and O–H groups in total. The first kappa shape index (κ1) is 10.1. The number of aliphatic hydroxyl groups is 1. The topological polar surface area (TPSA) is 50.9 Å². The molecule has 1 unspecified atom stereocenters. The maximum absolute atomic E-state index is 9.31. The third-order valence-electron chi connectivity index (χ3n) is 2.04. The zero-order valence-corrected chi connectivity index (χ0v) is 8.89. The maximum atomic E-state index is 9.31. The normalized spacial score (nSPS) is 12.7. The highest BCUT2D eigenvalue weighted by molar-refractivity contribution is 6.30. The van der Waals surface area contributed by atoms with Crippen LogP contribution in [0.25, 0.3) is 5.82 Å². The summed E-state index contributed by atoms with van der Waals surface area (Å²) >= 11 is 5.74. The Morgan fingerprint density at radius 3 is 2.67 bits per heavy atom. The highest BCUT2D eigenvalue weighted by atomic mass is 35.5. The first-order valence-corrected chi connectivity index (χ1v) is 4.89. The van der Waals surface area contributed by atoms with E-state index in [0.29, 0.717) is 10.8 Å². The summed E-state index contributed by atoms with van der Waals surface area (Å²) in [5, 5.41) is 13.9. The van der Waals surface area contributed by atoms with Gasteiger partial charge in [-0.2, -0.15) is 5.10 Å². The van der Waals surface area contributed by atoms with E-state index in [1.165, 1.54) is 0 Å². The van der Waals surface area contributed by atoms with Gasteiger partial charge in [0.2, 0.25) is 0 Å². The second-order valence-electron chi connectivity index (χ2n) is 3.23. The van der Waals surface area contributed by atoms with Gasteiger partial charge in [-0.3, -0.25) is 0 Å². The van der Waals surface area contributed by atoms with Crippen molar-refractivity contribution in [3.05, 3.63) is 41.3 Å². The van der Waals surface area contributed by atoms with Crippen molar-refractivity contribution in [3.63, 3.8) is 0 Å². The molecule has 0 aliphatic heterocycles. The van der Waals surface area contributed by atoms with Crippen LogP contribution in [-0.2, 0) is 0 Å². The second-order valence-corrected chi connectivity index (χ2v) is 3.67. The molecule has 15 heavy (non-hydrogen) atoms. The molecule has 0 spiro atoms. The summed E-state index contributed by atoms with van der Waals surface area (Å²) in [6, 6.07) is 3.59. The molecule has 4 nitrogen and oxygen atoms in total. The largest absolute Gasteiger partial charge is 0.389 e. The molecule has 1 atom stereocenters. The molecule has 0 aromatic carbocycles.